The van der Waals surface area contributed by atoms with Crippen molar-refractivity contribution < 1.29 is 13.2 Å². The first kappa shape index (κ1) is 24.0. The molecule has 2 aliphatic carbocycles. The maximum atomic E-state index is 14.0. The second kappa shape index (κ2) is 9.98. The summed E-state index contributed by atoms with van der Waals surface area (Å²) in [6.45, 7) is 5.55. The minimum Gasteiger partial charge on any atom is -0.348 e. The summed E-state index contributed by atoms with van der Waals surface area (Å²) in [5.74, 6) is -0.215. The van der Waals surface area contributed by atoms with Crippen LogP contribution in [-0.2, 0) is 21.2 Å². The molecule has 5 nitrogen and oxygen atoms in total. The van der Waals surface area contributed by atoms with Gasteiger partial charge in [0.05, 0.1) is 17.5 Å². The maximum absolute atomic E-state index is 14.0. The molecule has 0 radical (unpaired) electrons. The van der Waals surface area contributed by atoms with Gasteiger partial charge in [-0.2, -0.15) is 4.31 Å². The van der Waals surface area contributed by atoms with Gasteiger partial charge in [0, 0.05) is 6.04 Å². The third kappa shape index (κ3) is 5.17. The number of benzene rings is 2. The van der Waals surface area contributed by atoms with E-state index in [-0.39, 0.29) is 24.5 Å². The van der Waals surface area contributed by atoms with Crippen molar-refractivity contribution in [2.45, 2.75) is 89.1 Å². The Morgan fingerprint density at radius 2 is 1.64 bits per heavy atom. The van der Waals surface area contributed by atoms with Crippen LogP contribution in [-0.4, -0.2) is 31.2 Å². The third-order valence-corrected chi connectivity index (χ3v) is 9.36. The lowest BCUT2D eigenvalue weighted by Gasteiger charge is -2.34. The molecule has 2 aromatic rings. The molecular formula is C27H36N2O3S. The fraction of sp³-hybridized carbons (Fsp3) is 0.519. The highest BCUT2D eigenvalue weighted by Gasteiger charge is 2.36. The molecule has 0 aliphatic heterocycles. The van der Waals surface area contributed by atoms with Gasteiger partial charge in [-0.05, 0) is 75.1 Å². The summed E-state index contributed by atoms with van der Waals surface area (Å²) >= 11 is 0. The first-order valence-corrected chi connectivity index (χ1v) is 13.7. The molecule has 1 fully saturated rings. The van der Waals surface area contributed by atoms with Gasteiger partial charge in [-0.3, -0.25) is 4.79 Å². The molecule has 1 amide bonds. The summed E-state index contributed by atoms with van der Waals surface area (Å²) < 4.78 is 29.4. The van der Waals surface area contributed by atoms with Gasteiger partial charge in [0.1, 0.15) is 0 Å². The van der Waals surface area contributed by atoms with E-state index in [4.69, 9.17) is 0 Å². The van der Waals surface area contributed by atoms with Crippen LogP contribution >= 0.6 is 0 Å². The Bertz CT molecular complexity index is 1100. The standard InChI is InChI=1S/C27H36N2O3S/c1-19-16-20(2)27(21(3)17-19)33(31,32)29(23-12-5-4-6-13-23)18-26(30)28-25-15-9-11-22-10-7-8-14-24(22)25/h7-8,10,14,16-17,23,25H,4-6,9,11-13,15,18H2,1-3H3,(H,28,30)/t25-/m1/s1. The number of hydrogen-bond acceptors (Lipinski definition) is 3. The fourth-order valence-electron chi connectivity index (χ4n) is 5.76. The van der Waals surface area contributed by atoms with Crippen LogP contribution in [0.25, 0.3) is 0 Å². The number of carbonyl (C=O) groups excluding carboxylic acids is 1. The van der Waals surface area contributed by atoms with Gasteiger partial charge in [-0.15, -0.1) is 0 Å². The average Bonchev–Trinajstić information content (AvgIpc) is 2.77. The van der Waals surface area contributed by atoms with E-state index in [0.717, 1.165) is 73.6 Å². The smallest absolute Gasteiger partial charge is 0.244 e. The van der Waals surface area contributed by atoms with Gasteiger partial charge >= 0.3 is 0 Å². The SMILES string of the molecule is Cc1cc(C)c(S(=O)(=O)N(CC(=O)N[C@@H]2CCCc3ccccc32)C2CCCCC2)c(C)c1. The summed E-state index contributed by atoms with van der Waals surface area (Å²) in [5, 5.41) is 3.16. The molecular weight excluding hydrogens is 432 g/mol. The van der Waals surface area contributed by atoms with Crippen LogP contribution in [0.1, 0.15) is 78.8 Å². The number of rotatable bonds is 6. The second-order valence-electron chi connectivity index (χ2n) is 9.78. The van der Waals surface area contributed by atoms with Crippen molar-refractivity contribution in [1.82, 2.24) is 9.62 Å². The molecule has 1 atom stereocenters. The number of hydrogen-bond donors (Lipinski definition) is 1. The van der Waals surface area contributed by atoms with E-state index in [9.17, 15) is 13.2 Å². The molecule has 178 valence electrons. The van der Waals surface area contributed by atoms with E-state index in [2.05, 4.69) is 17.4 Å². The molecule has 2 aromatic carbocycles. The highest BCUT2D eigenvalue weighted by atomic mass is 32.2. The fourth-order valence-corrected chi connectivity index (χ4v) is 7.81. The molecule has 1 N–H and O–H groups in total. The predicted molar refractivity (Wildman–Crippen MR) is 132 cm³/mol. The lowest BCUT2D eigenvalue weighted by Crippen LogP contribution is -2.48. The molecule has 1 saturated carbocycles. The van der Waals surface area contributed by atoms with Crippen molar-refractivity contribution in [3.05, 3.63) is 64.2 Å². The molecule has 6 heteroatoms. The zero-order valence-electron chi connectivity index (χ0n) is 20.1. The highest BCUT2D eigenvalue weighted by molar-refractivity contribution is 7.89. The average molecular weight is 469 g/mol. The van der Waals surface area contributed by atoms with Crippen molar-refractivity contribution in [2.24, 2.45) is 0 Å². The van der Waals surface area contributed by atoms with Crippen LogP contribution in [0.3, 0.4) is 0 Å². The minimum atomic E-state index is -3.80. The Hall–Kier alpha value is -2.18. The van der Waals surface area contributed by atoms with E-state index in [1.54, 1.807) is 0 Å². The zero-order valence-corrected chi connectivity index (χ0v) is 20.9. The molecule has 0 unspecified atom stereocenters. The lowest BCUT2D eigenvalue weighted by molar-refractivity contribution is -0.122. The van der Waals surface area contributed by atoms with E-state index in [0.29, 0.717) is 4.90 Å². The first-order valence-electron chi connectivity index (χ1n) is 12.2. The molecule has 4 rings (SSSR count). The first-order chi connectivity index (χ1) is 15.8. The molecule has 0 saturated heterocycles. The molecule has 0 spiro atoms. The third-order valence-electron chi connectivity index (χ3n) is 7.16. The summed E-state index contributed by atoms with van der Waals surface area (Å²) in [4.78, 5) is 13.6. The molecule has 33 heavy (non-hydrogen) atoms. The Morgan fingerprint density at radius 1 is 0.970 bits per heavy atom. The largest absolute Gasteiger partial charge is 0.348 e. The van der Waals surface area contributed by atoms with E-state index >= 15 is 0 Å². The van der Waals surface area contributed by atoms with Gasteiger partial charge < -0.3 is 5.32 Å². The normalized spacial score (nSPS) is 19.3. The van der Waals surface area contributed by atoms with E-state index in [1.807, 2.05) is 45.0 Å². The molecule has 2 aliphatic rings. The van der Waals surface area contributed by atoms with Crippen molar-refractivity contribution in [1.29, 1.82) is 0 Å². The van der Waals surface area contributed by atoms with Crippen LogP contribution in [0.4, 0.5) is 0 Å². The molecule has 0 aromatic heterocycles. The van der Waals surface area contributed by atoms with Gasteiger partial charge in [-0.1, -0.05) is 61.2 Å². The maximum Gasteiger partial charge on any atom is 0.244 e. The summed E-state index contributed by atoms with van der Waals surface area (Å²) in [7, 11) is -3.80. The van der Waals surface area contributed by atoms with E-state index < -0.39 is 10.0 Å². The Morgan fingerprint density at radius 3 is 2.33 bits per heavy atom. The van der Waals surface area contributed by atoms with Crippen LogP contribution in [0, 0.1) is 20.8 Å². The quantitative estimate of drug-likeness (QED) is 0.639. The van der Waals surface area contributed by atoms with Gasteiger partial charge in [0.15, 0.2) is 0 Å². The minimum absolute atomic E-state index is 0.0544. The Kier molecular flexibility index (Phi) is 7.25. The number of fused-ring (bicyclic) bond motifs is 1. The number of sulfonamides is 1. The number of aryl methyl sites for hydroxylation is 4. The van der Waals surface area contributed by atoms with Crippen molar-refractivity contribution in [3.63, 3.8) is 0 Å². The summed E-state index contributed by atoms with van der Waals surface area (Å²) in [6.07, 6.45) is 7.67. The van der Waals surface area contributed by atoms with Gasteiger partial charge in [0.2, 0.25) is 15.9 Å². The van der Waals surface area contributed by atoms with Gasteiger partial charge in [-0.25, -0.2) is 8.42 Å². The van der Waals surface area contributed by atoms with Crippen molar-refractivity contribution >= 4 is 15.9 Å². The van der Waals surface area contributed by atoms with Crippen LogP contribution < -0.4 is 5.32 Å². The number of amides is 1. The second-order valence-corrected chi connectivity index (χ2v) is 11.6. The Balaban J connectivity index is 1.61. The van der Waals surface area contributed by atoms with E-state index in [1.165, 1.54) is 9.87 Å². The summed E-state index contributed by atoms with van der Waals surface area (Å²) in [5.41, 5.74) is 4.97. The topological polar surface area (TPSA) is 66.5 Å². The zero-order chi connectivity index (χ0) is 23.6. The van der Waals surface area contributed by atoms with Crippen molar-refractivity contribution in [3.8, 4) is 0 Å². The number of nitrogens with one attached hydrogen (secondary N) is 1. The van der Waals surface area contributed by atoms with Crippen LogP contribution in [0.5, 0.6) is 0 Å². The van der Waals surface area contributed by atoms with Gasteiger partial charge in [0.25, 0.3) is 0 Å². The summed E-state index contributed by atoms with van der Waals surface area (Å²) in [6, 6.07) is 11.9. The monoisotopic (exact) mass is 468 g/mol. The van der Waals surface area contributed by atoms with Crippen LogP contribution in [0.15, 0.2) is 41.3 Å². The Labute approximate surface area is 198 Å². The predicted octanol–water partition coefficient (Wildman–Crippen LogP) is 5.13. The number of carbonyl (C=O) groups is 1. The number of nitrogens with zero attached hydrogens (tertiary/aromatic N) is 1. The highest BCUT2D eigenvalue weighted by Crippen LogP contribution is 2.32. The molecule has 0 bridgehead atoms. The van der Waals surface area contributed by atoms with Crippen LogP contribution in [0.2, 0.25) is 0 Å². The lowest BCUT2D eigenvalue weighted by atomic mass is 9.88. The molecule has 0 heterocycles. The van der Waals surface area contributed by atoms with Crippen molar-refractivity contribution in [2.75, 3.05) is 6.54 Å².